The third-order valence-corrected chi connectivity index (χ3v) is 16.1. The number of aromatic nitrogens is 3. The van der Waals surface area contributed by atoms with Gasteiger partial charge in [0.2, 0.25) is 0 Å². The molecule has 310 valence electrons. The summed E-state index contributed by atoms with van der Waals surface area (Å²) in [5.74, 6) is 1.89. The first-order valence-corrected chi connectivity index (χ1v) is 24.0. The molecule has 4 nitrogen and oxygen atoms in total. The highest BCUT2D eigenvalue weighted by atomic mass is 32.1. The number of benzene rings is 9. The van der Waals surface area contributed by atoms with Crippen molar-refractivity contribution in [2.45, 2.75) is 19.3 Å². The molecule has 0 unspecified atom stereocenters. The van der Waals surface area contributed by atoms with Gasteiger partial charge in [-0.05, 0) is 93.0 Å². The molecule has 0 atom stereocenters. The minimum absolute atomic E-state index is 0.0136. The van der Waals surface area contributed by atoms with Crippen molar-refractivity contribution < 1.29 is 4.42 Å². The molecule has 4 aromatic heterocycles. The van der Waals surface area contributed by atoms with Crippen LogP contribution in [0.3, 0.4) is 0 Å². The molecule has 1 aliphatic rings. The van der Waals surface area contributed by atoms with Gasteiger partial charge in [-0.25, -0.2) is 15.0 Å². The lowest BCUT2D eigenvalue weighted by Gasteiger charge is -2.21. The van der Waals surface area contributed by atoms with Crippen molar-refractivity contribution in [1.82, 2.24) is 15.0 Å². The average Bonchev–Trinajstić information content (AvgIpc) is 4.11. The summed E-state index contributed by atoms with van der Waals surface area (Å²) in [5.41, 5.74) is 14.6. The van der Waals surface area contributed by atoms with Crippen LogP contribution >= 0.6 is 22.7 Å². The summed E-state index contributed by atoms with van der Waals surface area (Å²) in [5, 5.41) is 6.72. The quantitative estimate of drug-likeness (QED) is 0.173. The van der Waals surface area contributed by atoms with Crippen LogP contribution in [0.4, 0.5) is 0 Å². The lowest BCUT2D eigenvalue weighted by Crippen LogP contribution is -2.14. The van der Waals surface area contributed by atoms with Gasteiger partial charge < -0.3 is 4.42 Å². The van der Waals surface area contributed by atoms with Crippen molar-refractivity contribution in [3.63, 3.8) is 0 Å². The molecule has 0 spiro atoms. The predicted octanol–water partition coefficient (Wildman–Crippen LogP) is 17.1. The second-order valence-corrected chi connectivity index (χ2v) is 20.0. The standard InChI is InChI=1S/C60H37N3OS2/c1-60(2)46-18-6-3-12-38(46)44-32-36(28-30-47(44)60)34-24-26-35(27-25-34)37-29-31-48-45(33-37)54-41(15-9-19-49(54)64-48)57-61-58(42-16-10-22-52-55(42)39-13-4-7-20-50(39)65-52)63-59(62-57)43-17-11-23-53-56(43)40-14-5-8-21-51(40)66-53/h3-33H,1-2H3. The van der Waals surface area contributed by atoms with Gasteiger partial charge in [0.15, 0.2) is 17.5 Å². The van der Waals surface area contributed by atoms with E-state index >= 15 is 0 Å². The highest BCUT2D eigenvalue weighted by Gasteiger charge is 2.35. The van der Waals surface area contributed by atoms with Crippen molar-refractivity contribution in [2.75, 3.05) is 0 Å². The zero-order valence-electron chi connectivity index (χ0n) is 36.0. The number of hydrogen-bond acceptors (Lipinski definition) is 6. The molecule has 0 saturated heterocycles. The maximum atomic E-state index is 6.61. The summed E-state index contributed by atoms with van der Waals surface area (Å²) in [6.45, 7) is 4.66. The summed E-state index contributed by atoms with van der Waals surface area (Å²) < 4.78 is 11.5. The number of fused-ring (bicyclic) bond motifs is 12. The van der Waals surface area contributed by atoms with Crippen LogP contribution in [0.25, 0.3) is 130 Å². The number of hydrogen-bond donors (Lipinski definition) is 0. The van der Waals surface area contributed by atoms with Gasteiger partial charge in [-0.1, -0.05) is 153 Å². The van der Waals surface area contributed by atoms with Gasteiger partial charge in [0, 0.05) is 73.2 Å². The van der Waals surface area contributed by atoms with Crippen LogP contribution in [-0.4, -0.2) is 15.0 Å². The van der Waals surface area contributed by atoms with Gasteiger partial charge in [-0.3, -0.25) is 0 Å². The summed E-state index contributed by atoms with van der Waals surface area (Å²) in [6, 6.07) is 67.6. The van der Waals surface area contributed by atoms with E-state index in [4.69, 9.17) is 19.4 Å². The number of nitrogens with zero attached hydrogens (tertiary/aromatic N) is 3. The monoisotopic (exact) mass is 879 g/mol. The van der Waals surface area contributed by atoms with Crippen molar-refractivity contribution in [1.29, 1.82) is 0 Å². The molecule has 14 rings (SSSR count). The van der Waals surface area contributed by atoms with Crippen LogP contribution in [0.5, 0.6) is 0 Å². The van der Waals surface area contributed by atoms with Crippen LogP contribution in [0.2, 0.25) is 0 Å². The van der Waals surface area contributed by atoms with E-state index in [1.807, 2.05) is 12.1 Å². The zero-order chi connectivity index (χ0) is 43.7. The number of furan rings is 1. The maximum absolute atomic E-state index is 6.61. The molecule has 4 heterocycles. The average molecular weight is 880 g/mol. The Bertz CT molecular complexity index is 4020. The molecule has 66 heavy (non-hydrogen) atoms. The van der Waals surface area contributed by atoms with Crippen LogP contribution in [0.15, 0.2) is 192 Å². The second kappa shape index (κ2) is 14.1. The Morgan fingerprint density at radius 3 is 1.45 bits per heavy atom. The number of rotatable bonds is 5. The topological polar surface area (TPSA) is 51.8 Å². The second-order valence-electron chi connectivity index (χ2n) is 17.9. The first-order valence-electron chi connectivity index (χ1n) is 22.3. The van der Waals surface area contributed by atoms with Gasteiger partial charge in [0.05, 0.1) is 0 Å². The maximum Gasteiger partial charge on any atom is 0.164 e. The van der Waals surface area contributed by atoms with Gasteiger partial charge in [0.1, 0.15) is 11.2 Å². The molecule has 0 saturated carbocycles. The van der Waals surface area contributed by atoms with Gasteiger partial charge in [0.25, 0.3) is 0 Å². The molecule has 1 aliphatic carbocycles. The Kier molecular flexibility index (Phi) is 8.04. The lowest BCUT2D eigenvalue weighted by atomic mass is 9.82. The van der Waals surface area contributed by atoms with Crippen LogP contribution < -0.4 is 0 Å². The Morgan fingerprint density at radius 2 is 0.818 bits per heavy atom. The molecule has 0 bridgehead atoms. The van der Waals surface area contributed by atoms with Crippen LogP contribution in [0, 0.1) is 0 Å². The van der Waals surface area contributed by atoms with Crippen molar-refractivity contribution in [3.8, 4) is 67.5 Å². The summed E-state index contributed by atoms with van der Waals surface area (Å²) in [7, 11) is 0. The van der Waals surface area contributed by atoms with E-state index in [1.54, 1.807) is 22.7 Å². The fourth-order valence-electron chi connectivity index (χ4n) is 10.6. The largest absolute Gasteiger partial charge is 0.456 e. The van der Waals surface area contributed by atoms with Gasteiger partial charge >= 0.3 is 0 Å². The smallest absolute Gasteiger partial charge is 0.164 e. The van der Waals surface area contributed by atoms with E-state index in [9.17, 15) is 0 Å². The third kappa shape index (κ3) is 5.59. The summed E-state index contributed by atoms with van der Waals surface area (Å²) in [6.07, 6.45) is 0. The minimum Gasteiger partial charge on any atom is -0.456 e. The van der Waals surface area contributed by atoms with Crippen molar-refractivity contribution >= 4 is 85.0 Å². The third-order valence-electron chi connectivity index (χ3n) is 13.8. The van der Waals surface area contributed by atoms with E-state index < -0.39 is 0 Å². The van der Waals surface area contributed by atoms with Crippen molar-refractivity contribution in [2.24, 2.45) is 0 Å². The first kappa shape index (κ1) is 37.6. The molecule has 9 aromatic carbocycles. The zero-order valence-corrected chi connectivity index (χ0v) is 37.6. The molecule has 0 N–H and O–H groups in total. The van der Waals surface area contributed by atoms with Gasteiger partial charge in [-0.15, -0.1) is 22.7 Å². The minimum atomic E-state index is -0.0136. The van der Waals surface area contributed by atoms with Crippen LogP contribution in [-0.2, 0) is 5.41 Å². The summed E-state index contributed by atoms with van der Waals surface area (Å²) >= 11 is 3.60. The SMILES string of the molecule is CC1(C)c2ccccc2-c2cc(-c3ccc(-c4ccc5oc6cccc(-c7nc(-c8cccc9sc%10ccccc%10c89)nc(-c8cccc9sc%10ccccc%10c89)n7)c6c5c4)cc3)ccc21. The Morgan fingerprint density at radius 1 is 0.348 bits per heavy atom. The molecule has 13 aromatic rings. The highest BCUT2D eigenvalue weighted by Crippen LogP contribution is 2.50. The molecule has 0 amide bonds. The van der Waals surface area contributed by atoms with Crippen LogP contribution in [0.1, 0.15) is 25.0 Å². The normalized spacial score (nSPS) is 13.1. The number of thiophene rings is 2. The van der Waals surface area contributed by atoms with E-state index in [-0.39, 0.29) is 5.41 Å². The van der Waals surface area contributed by atoms with E-state index in [1.165, 1.54) is 63.0 Å². The first-order chi connectivity index (χ1) is 32.4. The fourth-order valence-corrected chi connectivity index (χ4v) is 12.9. The van der Waals surface area contributed by atoms with E-state index in [0.717, 1.165) is 60.5 Å². The Labute approximate surface area is 388 Å². The van der Waals surface area contributed by atoms with E-state index in [0.29, 0.717) is 17.5 Å². The fraction of sp³-hybridized carbons (Fsp3) is 0.0500. The molecule has 6 heteroatoms. The molecule has 0 fully saturated rings. The highest BCUT2D eigenvalue weighted by molar-refractivity contribution is 7.26. The summed E-state index contributed by atoms with van der Waals surface area (Å²) in [4.78, 5) is 16.2. The molecule has 0 radical (unpaired) electrons. The molecular formula is C60H37N3OS2. The predicted molar refractivity (Wildman–Crippen MR) is 278 cm³/mol. The van der Waals surface area contributed by atoms with Crippen molar-refractivity contribution in [3.05, 3.63) is 199 Å². The molecular weight excluding hydrogens is 843 g/mol. The Balaban J connectivity index is 0.927. The van der Waals surface area contributed by atoms with E-state index in [2.05, 4.69) is 190 Å². The molecule has 0 aliphatic heterocycles. The van der Waals surface area contributed by atoms with Gasteiger partial charge in [-0.2, -0.15) is 0 Å². The lowest BCUT2D eigenvalue weighted by molar-refractivity contribution is 0.660. The Hall–Kier alpha value is -7.77.